The van der Waals surface area contributed by atoms with Gasteiger partial charge in [0, 0.05) is 14.2 Å². The van der Waals surface area contributed by atoms with Crippen LogP contribution in [0.3, 0.4) is 0 Å². The molecule has 3 rings (SSSR count). The molecule has 0 radical (unpaired) electrons. The predicted octanol–water partition coefficient (Wildman–Crippen LogP) is 2.98. The van der Waals surface area contributed by atoms with Gasteiger partial charge in [-0.05, 0) is 13.3 Å². The van der Waals surface area contributed by atoms with Crippen LogP contribution in [0.15, 0.2) is 0 Å². The SMILES string of the molecule is CCCC1S23CS12C3C. The lowest BCUT2D eigenvalue weighted by molar-refractivity contribution is 0.861. The first-order chi connectivity index (χ1) is 4.30. The minimum Gasteiger partial charge on any atom is -0.175 e. The van der Waals surface area contributed by atoms with Crippen LogP contribution in [-0.4, -0.2) is 14.2 Å². The fourth-order valence-corrected chi connectivity index (χ4v) is 23.8. The molecule has 0 amide bonds. The Morgan fingerprint density at radius 2 is 2.11 bits per heavy atom. The molecule has 0 aromatic rings. The van der Waals surface area contributed by atoms with Gasteiger partial charge in [-0.2, -0.15) is 18.1 Å². The molecule has 3 heterocycles. The monoisotopic (exact) mass is 162 g/mol. The van der Waals surface area contributed by atoms with Crippen molar-refractivity contribution in [3.8, 4) is 0 Å². The summed E-state index contributed by atoms with van der Waals surface area (Å²) in [5.74, 6) is 0. The van der Waals surface area contributed by atoms with Crippen LogP contribution in [0.4, 0.5) is 0 Å². The maximum Gasteiger partial charge on any atom is 0.0366 e. The molecule has 0 spiro atoms. The predicted molar refractivity (Wildman–Crippen MR) is 48.2 cm³/mol. The fraction of sp³-hybridized carbons (Fsp3) is 1.00. The van der Waals surface area contributed by atoms with Crippen LogP contribution in [0.5, 0.6) is 0 Å². The third-order valence-corrected chi connectivity index (χ3v) is 20.2. The van der Waals surface area contributed by atoms with E-state index < -0.39 is 0 Å². The summed E-state index contributed by atoms with van der Waals surface area (Å²) in [6.07, 6.45) is 3.07. The first-order valence-corrected chi connectivity index (χ1v) is 8.25. The third-order valence-electron chi connectivity index (χ3n) is 3.35. The number of rotatable bonds is 2. The molecule has 3 fully saturated rings. The van der Waals surface area contributed by atoms with Crippen molar-refractivity contribution in [2.45, 2.75) is 35.9 Å². The van der Waals surface area contributed by atoms with Gasteiger partial charge in [0.05, 0.1) is 0 Å². The van der Waals surface area contributed by atoms with E-state index in [1.165, 1.54) is 15.6 Å². The molecule has 0 saturated carbocycles. The molecule has 3 saturated heterocycles. The maximum atomic E-state index is 2.51. The molecule has 3 aliphatic rings. The van der Waals surface area contributed by atoms with Crippen molar-refractivity contribution >= 4 is 18.1 Å². The summed E-state index contributed by atoms with van der Waals surface area (Å²) in [6.45, 7) is 4.86. The van der Waals surface area contributed by atoms with E-state index in [9.17, 15) is 0 Å². The first kappa shape index (κ1) is 5.36. The van der Waals surface area contributed by atoms with Crippen molar-refractivity contribution < 1.29 is 0 Å². The lowest BCUT2D eigenvalue weighted by atomic mass is 10.4. The second-order valence-electron chi connectivity index (χ2n) is 3.46. The molecule has 2 unspecified atom stereocenters. The second-order valence-corrected chi connectivity index (χ2v) is 14.4. The van der Waals surface area contributed by atoms with Gasteiger partial charge < -0.3 is 0 Å². The highest BCUT2D eigenvalue weighted by atomic mass is 33.3. The van der Waals surface area contributed by atoms with Gasteiger partial charge >= 0.3 is 0 Å². The first-order valence-electron chi connectivity index (χ1n) is 3.88. The van der Waals surface area contributed by atoms with Crippen LogP contribution in [0.1, 0.15) is 26.7 Å². The normalized spacial score (nSPS) is 86.9. The smallest absolute Gasteiger partial charge is 0.0366 e. The Hall–Kier alpha value is 0.700. The summed E-state index contributed by atoms with van der Waals surface area (Å²) in [4.78, 5) is 0. The molecular weight excluding hydrogens is 148 g/mol. The van der Waals surface area contributed by atoms with Crippen LogP contribution in [0, 0.1) is 0 Å². The lowest BCUT2D eigenvalue weighted by Gasteiger charge is -2.28. The van der Waals surface area contributed by atoms with Crippen molar-refractivity contribution in [3.63, 3.8) is 0 Å². The average Bonchev–Trinajstić information content (AvgIpc) is 2.71. The zero-order valence-electron chi connectivity index (χ0n) is 6.09. The van der Waals surface area contributed by atoms with Crippen molar-refractivity contribution in [2.24, 2.45) is 0 Å². The van der Waals surface area contributed by atoms with E-state index in [0.29, 0.717) is 18.1 Å². The Morgan fingerprint density at radius 1 is 1.44 bits per heavy atom. The van der Waals surface area contributed by atoms with Crippen LogP contribution in [0.25, 0.3) is 0 Å². The van der Waals surface area contributed by atoms with Gasteiger partial charge in [-0.25, -0.2) is 0 Å². The molecule has 3 aliphatic heterocycles. The van der Waals surface area contributed by atoms with E-state index in [2.05, 4.69) is 13.8 Å². The molecule has 0 aliphatic carbocycles. The summed E-state index contributed by atoms with van der Waals surface area (Å²) < 4.78 is 2.70. The summed E-state index contributed by atoms with van der Waals surface area (Å²) in [5.41, 5.74) is 0. The minimum atomic E-state index is 0.298. The summed E-state index contributed by atoms with van der Waals surface area (Å²) in [5, 5.41) is 1.78. The highest BCUT2D eigenvalue weighted by Gasteiger charge is 3.02. The van der Waals surface area contributed by atoms with Gasteiger partial charge in [0.1, 0.15) is 0 Å². The Labute approximate surface area is 59.4 Å². The molecule has 0 aromatic heterocycles. The van der Waals surface area contributed by atoms with Crippen molar-refractivity contribution in [3.05, 3.63) is 0 Å². The van der Waals surface area contributed by atoms with E-state index >= 15 is 0 Å². The van der Waals surface area contributed by atoms with E-state index in [1.807, 2.05) is 0 Å². The summed E-state index contributed by atoms with van der Waals surface area (Å²) >= 11 is 0. The topological polar surface area (TPSA) is 0 Å². The largest absolute Gasteiger partial charge is 0.175 e. The molecule has 0 aromatic carbocycles. The van der Waals surface area contributed by atoms with Gasteiger partial charge in [0.25, 0.3) is 0 Å². The standard InChI is InChI=1S/C7H14S2/c1-3-4-7-8-5-9(7,8)6(8)2/h6-7H,3-5H2,1-2H3. The van der Waals surface area contributed by atoms with Crippen LogP contribution in [0.2, 0.25) is 0 Å². The van der Waals surface area contributed by atoms with Crippen LogP contribution < -0.4 is 0 Å². The molecule has 54 valence electrons. The van der Waals surface area contributed by atoms with Gasteiger partial charge in [0.2, 0.25) is 0 Å². The zero-order valence-corrected chi connectivity index (χ0v) is 7.73. The molecule has 2 heteroatoms. The quantitative estimate of drug-likeness (QED) is 0.432. The molecule has 0 nitrogen and oxygen atoms in total. The van der Waals surface area contributed by atoms with Crippen LogP contribution >= 0.6 is 18.1 Å². The summed E-state index contributed by atoms with van der Waals surface area (Å²) in [7, 11) is 0.595. The van der Waals surface area contributed by atoms with Gasteiger partial charge in [-0.3, -0.25) is 0 Å². The van der Waals surface area contributed by atoms with E-state index in [-0.39, 0.29) is 0 Å². The Kier molecular flexibility index (Phi) is 0.653. The van der Waals surface area contributed by atoms with Crippen LogP contribution in [-0.2, 0) is 0 Å². The number of hydrogen-bond acceptors (Lipinski definition) is 0. The maximum absolute atomic E-state index is 2.51. The lowest BCUT2D eigenvalue weighted by Crippen LogP contribution is -2.15. The van der Waals surface area contributed by atoms with E-state index in [1.54, 1.807) is 11.5 Å². The van der Waals surface area contributed by atoms with E-state index in [4.69, 9.17) is 0 Å². The minimum absolute atomic E-state index is 0.298. The molecule has 0 bridgehead atoms. The Bertz CT molecular complexity index is 175. The molecule has 9 heavy (non-hydrogen) atoms. The van der Waals surface area contributed by atoms with Gasteiger partial charge in [-0.1, -0.05) is 13.3 Å². The summed E-state index contributed by atoms with van der Waals surface area (Å²) in [6, 6.07) is 0. The average molecular weight is 162 g/mol. The number of hydrogen-bond donors (Lipinski definition) is 0. The van der Waals surface area contributed by atoms with Gasteiger partial charge in [-0.15, -0.1) is 0 Å². The molecule has 0 N–H and O–H groups in total. The Morgan fingerprint density at radius 3 is 2.44 bits per heavy atom. The Balaban J connectivity index is 1.72. The van der Waals surface area contributed by atoms with Crippen molar-refractivity contribution in [2.75, 3.05) is 5.08 Å². The molecular formula is C7H14S2. The third kappa shape index (κ3) is 0.290. The zero-order chi connectivity index (χ0) is 6.28. The van der Waals surface area contributed by atoms with Gasteiger partial charge in [0.15, 0.2) is 0 Å². The van der Waals surface area contributed by atoms with Crippen molar-refractivity contribution in [1.82, 2.24) is 0 Å². The fourth-order valence-electron chi connectivity index (χ4n) is 2.51. The van der Waals surface area contributed by atoms with Crippen molar-refractivity contribution in [1.29, 1.82) is 0 Å². The van der Waals surface area contributed by atoms with E-state index in [0.717, 1.165) is 0 Å². The second kappa shape index (κ2) is 1.10. The highest BCUT2D eigenvalue weighted by molar-refractivity contribution is 9.49. The highest BCUT2D eigenvalue weighted by Crippen LogP contribution is 3.42. The molecule has 2 atom stereocenters.